The van der Waals surface area contributed by atoms with Crippen LogP contribution in [-0.2, 0) is 10.2 Å². The van der Waals surface area contributed by atoms with Crippen LogP contribution in [0.1, 0.15) is 71.1 Å². The number of nitrogens with one attached hydrogen (secondary N) is 1. The van der Waals surface area contributed by atoms with Crippen molar-refractivity contribution in [1.82, 2.24) is 9.03 Å². The van der Waals surface area contributed by atoms with Gasteiger partial charge in [0.2, 0.25) is 0 Å². The minimum absolute atomic E-state index is 0.143. The van der Waals surface area contributed by atoms with Gasteiger partial charge in [-0.25, -0.2) is 0 Å². The first-order valence-electron chi connectivity index (χ1n) is 8.28. The molecule has 0 saturated heterocycles. The van der Waals surface area contributed by atoms with Gasteiger partial charge in [0.05, 0.1) is 0 Å². The molecule has 0 bridgehead atoms. The van der Waals surface area contributed by atoms with Crippen LogP contribution in [0.2, 0.25) is 0 Å². The van der Waals surface area contributed by atoms with E-state index in [4.69, 9.17) is 0 Å². The summed E-state index contributed by atoms with van der Waals surface area (Å²) in [5.41, 5.74) is 0. The van der Waals surface area contributed by atoms with Gasteiger partial charge in [-0.15, -0.1) is 0 Å². The average Bonchev–Trinajstić information content (AvgIpc) is 2.47. The molecule has 20 heavy (non-hydrogen) atoms. The monoisotopic (exact) mass is 302 g/mol. The number of rotatable bonds is 5. The van der Waals surface area contributed by atoms with Crippen LogP contribution in [0.15, 0.2) is 0 Å². The lowest BCUT2D eigenvalue weighted by atomic mass is 9.85. The molecule has 2 fully saturated rings. The van der Waals surface area contributed by atoms with Crippen molar-refractivity contribution < 1.29 is 8.42 Å². The van der Waals surface area contributed by atoms with E-state index in [0.717, 1.165) is 51.4 Å². The maximum Gasteiger partial charge on any atom is 0.279 e. The molecule has 5 heteroatoms. The molecule has 0 unspecified atom stereocenters. The molecule has 2 aliphatic carbocycles. The van der Waals surface area contributed by atoms with Crippen LogP contribution in [0.4, 0.5) is 0 Å². The molecule has 0 radical (unpaired) electrons. The molecule has 0 aromatic rings. The highest BCUT2D eigenvalue weighted by molar-refractivity contribution is 7.87. The van der Waals surface area contributed by atoms with Crippen molar-refractivity contribution in [3.8, 4) is 0 Å². The summed E-state index contributed by atoms with van der Waals surface area (Å²) in [7, 11) is -1.56. The smallest absolute Gasteiger partial charge is 0.199 e. The Balaban J connectivity index is 1.92. The zero-order chi connectivity index (χ0) is 14.6. The fraction of sp³-hybridized carbons (Fsp3) is 1.00. The van der Waals surface area contributed by atoms with Gasteiger partial charge in [-0.1, -0.05) is 45.4 Å². The molecule has 0 aromatic carbocycles. The summed E-state index contributed by atoms with van der Waals surface area (Å²) in [6.07, 6.45) is 11.2. The van der Waals surface area contributed by atoms with E-state index in [0.29, 0.717) is 5.92 Å². The highest BCUT2D eigenvalue weighted by Crippen LogP contribution is 2.28. The Morgan fingerprint density at radius 3 is 2.40 bits per heavy atom. The average molecular weight is 302 g/mol. The lowest BCUT2D eigenvalue weighted by Gasteiger charge is -2.34. The maximum absolute atomic E-state index is 12.5. The first-order chi connectivity index (χ1) is 9.53. The molecule has 0 heterocycles. The minimum Gasteiger partial charge on any atom is -0.199 e. The van der Waals surface area contributed by atoms with Crippen LogP contribution in [0.3, 0.4) is 0 Å². The second-order valence-corrected chi connectivity index (χ2v) is 8.33. The molecule has 4 nitrogen and oxygen atoms in total. The van der Waals surface area contributed by atoms with Crippen LogP contribution < -0.4 is 4.72 Å². The lowest BCUT2D eigenvalue weighted by Crippen LogP contribution is -2.49. The predicted molar refractivity (Wildman–Crippen MR) is 82.7 cm³/mol. The number of hydrogen-bond acceptors (Lipinski definition) is 2. The van der Waals surface area contributed by atoms with Crippen molar-refractivity contribution in [1.29, 1.82) is 0 Å². The van der Waals surface area contributed by atoms with Crippen molar-refractivity contribution in [2.24, 2.45) is 5.92 Å². The van der Waals surface area contributed by atoms with Crippen molar-refractivity contribution in [3.63, 3.8) is 0 Å². The van der Waals surface area contributed by atoms with Crippen LogP contribution in [0.25, 0.3) is 0 Å². The summed E-state index contributed by atoms with van der Waals surface area (Å²) in [4.78, 5) is 0. The highest BCUT2D eigenvalue weighted by Gasteiger charge is 2.31. The van der Waals surface area contributed by atoms with Crippen LogP contribution in [-0.4, -0.2) is 31.9 Å². The zero-order valence-corrected chi connectivity index (χ0v) is 13.8. The van der Waals surface area contributed by atoms with E-state index >= 15 is 0 Å². The topological polar surface area (TPSA) is 49.4 Å². The Morgan fingerprint density at radius 2 is 1.75 bits per heavy atom. The van der Waals surface area contributed by atoms with Crippen LogP contribution in [0, 0.1) is 5.92 Å². The largest absolute Gasteiger partial charge is 0.279 e. The van der Waals surface area contributed by atoms with Crippen molar-refractivity contribution in [2.75, 3.05) is 7.05 Å². The summed E-state index contributed by atoms with van der Waals surface area (Å²) in [6, 6.07) is 0.344. The van der Waals surface area contributed by atoms with E-state index in [1.807, 2.05) is 0 Å². The predicted octanol–water partition coefficient (Wildman–Crippen LogP) is 3.05. The normalized spacial score (nSPS) is 29.8. The van der Waals surface area contributed by atoms with Crippen molar-refractivity contribution >= 4 is 10.2 Å². The summed E-state index contributed by atoms with van der Waals surface area (Å²) in [6.45, 7) is 2.20. The summed E-state index contributed by atoms with van der Waals surface area (Å²) < 4.78 is 29.6. The van der Waals surface area contributed by atoms with Crippen molar-refractivity contribution in [3.05, 3.63) is 0 Å². The Labute approximate surface area is 124 Å². The van der Waals surface area contributed by atoms with Gasteiger partial charge in [0, 0.05) is 19.1 Å². The molecule has 0 spiro atoms. The molecule has 118 valence electrons. The van der Waals surface area contributed by atoms with E-state index in [-0.39, 0.29) is 12.1 Å². The van der Waals surface area contributed by atoms with Crippen LogP contribution >= 0.6 is 0 Å². The minimum atomic E-state index is -3.31. The van der Waals surface area contributed by atoms with Crippen LogP contribution in [0.5, 0.6) is 0 Å². The van der Waals surface area contributed by atoms with E-state index in [1.165, 1.54) is 12.8 Å². The fourth-order valence-corrected chi connectivity index (χ4v) is 5.11. The summed E-state index contributed by atoms with van der Waals surface area (Å²) in [5.74, 6) is 0.691. The molecule has 1 N–H and O–H groups in total. The molecule has 2 rings (SSSR count). The quantitative estimate of drug-likeness (QED) is 0.848. The second kappa shape index (κ2) is 7.23. The highest BCUT2D eigenvalue weighted by atomic mass is 32.2. The number of nitrogens with zero attached hydrogens (tertiary/aromatic N) is 1. The van der Waals surface area contributed by atoms with E-state index < -0.39 is 10.2 Å². The Hall–Kier alpha value is -0.130. The lowest BCUT2D eigenvalue weighted by molar-refractivity contribution is 0.268. The molecule has 0 aliphatic heterocycles. The molecule has 2 saturated carbocycles. The van der Waals surface area contributed by atoms with Crippen molar-refractivity contribution in [2.45, 2.75) is 83.2 Å². The van der Waals surface area contributed by atoms with Gasteiger partial charge in [-0.3, -0.25) is 0 Å². The first-order valence-corrected chi connectivity index (χ1v) is 9.72. The summed E-state index contributed by atoms with van der Waals surface area (Å²) >= 11 is 0. The van der Waals surface area contributed by atoms with Gasteiger partial charge in [-0.2, -0.15) is 17.4 Å². The number of hydrogen-bond donors (Lipinski definition) is 1. The third-order valence-corrected chi connectivity index (χ3v) is 6.83. The fourth-order valence-electron chi connectivity index (χ4n) is 3.70. The molecule has 0 amide bonds. The third-order valence-electron chi connectivity index (χ3n) is 5.14. The zero-order valence-electron chi connectivity index (χ0n) is 13.0. The van der Waals surface area contributed by atoms with Gasteiger partial charge in [0.15, 0.2) is 0 Å². The Kier molecular flexibility index (Phi) is 5.87. The maximum atomic E-state index is 12.5. The van der Waals surface area contributed by atoms with E-state index in [2.05, 4.69) is 11.6 Å². The van der Waals surface area contributed by atoms with Gasteiger partial charge in [0.25, 0.3) is 10.2 Å². The molecular weight excluding hydrogens is 272 g/mol. The Bertz CT molecular complexity index is 391. The SMILES string of the molecule is CC[C@@H]1CCC[C@H](NS(=O)(=O)N(C)C2CCCCC2)C1. The molecule has 0 aromatic heterocycles. The standard InChI is InChI=1S/C15H30N2O2S/c1-3-13-8-7-9-14(12-13)16-20(18,19)17(2)15-10-5-4-6-11-15/h13-16H,3-12H2,1-2H3/t13-,14+/m1/s1. The van der Waals surface area contributed by atoms with E-state index in [1.54, 1.807) is 11.4 Å². The summed E-state index contributed by atoms with van der Waals surface area (Å²) in [5, 5.41) is 0. The second-order valence-electron chi connectivity index (χ2n) is 6.57. The van der Waals surface area contributed by atoms with Gasteiger partial charge in [-0.05, 0) is 31.6 Å². The Morgan fingerprint density at radius 1 is 1.05 bits per heavy atom. The van der Waals surface area contributed by atoms with E-state index in [9.17, 15) is 8.42 Å². The molecular formula is C15H30N2O2S. The van der Waals surface area contributed by atoms with Gasteiger partial charge in [0.1, 0.15) is 0 Å². The molecule has 2 atom stereocenters. The third kappa shape index (κ3) is 4.18. The van der Waals surface area contributed by atoms with Gasteiger partial charge >= 0.3 is 0 Å². The first kappa shape index (κ1) is 16.2. The molecule has 2 aliphatic rings. The van der Waals surface area contributed by atoms with Gasteiger partial charge < -0.3 is 0 Å².